The number of amides is 1. The Labute approximate surface area is 202 Å². The first-order chi connectivity index (χ1) is 16.6. The lowest BCUT2D eigenvalue weighted by Crippen LogP contribution is -2.40. The Balaban J connectivity index is 1.40. The van der Waals surface area contributed by atoms with Gasteiger partial charge in [0.25, 0.3) is 5.91 Å². The molecule has 2 N–H and O–H groups in total. The quantitative estimate of drug-likeness (QED) is 0.613. The second kappa shape index (κ2) is 10.3. The highest BCUT2D eigenvalue weighted by Gasteiger charge is 2.38. The Morgan fingerprint density at radius 3 is 2.53 bits per heavy atom. The van der Waals surface area contributed by atoms with E-state index >= 15 is 0 Å². The van der Waals surface area contributed by atoms with Crippen molar-refractivity contribution in [3.63, 3.8) is 0 Å². The van der Waals surface area contributed by atoms with E-state index in [1.807, 2.05) is 35.4 Å². The number of aromatic hydroxyl groups is 1. The van der Waals surface area contributed by atoms with Crippen LogP contribution < -0.4 is 5.43 Å². The summed E-state index contributed by atoms with van der Waals surface area (Å²) in [5.74, 6) is 0.239. The minimum Gasteiger partial charge on any atom is -0.508 e. The molecule has 2 aromatic rings. The zero-order chi connectivity index (χ0) is 23.5. The van der Waals surface area contributed by atoms with Crippen LogP contribution in [0.3, 0.4) is 0 Å². The number of likely N-dealkylation sites (tertiary alicyclic amines) is 1. The number of benzene rings is 2. The van der Waals surface area contributed by atoms with Crippen LogP contribution in [0.4, 0.5) is 0 Å². The van der Waals surface area contributed by atoms with Crippen LogP contribution in [0.2, 0.25) is 0 Å². The third kappa shape index (κ3) is 4.90. The van der Waals surface area contributed by atoms with E-state index in [1.165, 1.54) is 12.8 Å². The van der Waals surface area contributed by atoms with Crippen LogP contribution >= 0.6 is 0 Å². The van der Waals surface area contributed by atoms with Gasteiger partial charge in [0.1, 0.15) is 5.75 Å². The van der Waals surface area contributed by atoms with E-state index in [2.05, 4.69) is 40.0 Å². The molecule has 3 saturated heterocycles. The van der Waals surface area contributed by atoms with E-state index in [9.17, 15) is 9.90 Å². The highest BCUT2D eigenvalue weighted by atomic mass is 16.3. The fourth-order valence-corrected chi connectivity index (χ4v) is 6.04. The van der Waals surface area contributed by atoms with Crippen LogP contribution in [0, 0.1) is 0 Å². The Hall–Kier alpha value is -2.67. The molecule has 180 valence electrons. The standard InChI is InChI=1S/C28H36N4O2/c1-2-15-32-24-12-13-25(32)20-30(18-14-24)27(23-6-5-7-26(33)19-23)21-8-10-22(11-9-21)28(34)29-31-16-3-4-17-31/h2,5-11,19,24-25,27,33H,1,3-4,12-18,20H2,(H,29,34). The summed E-state index contributed by atoms with van der Waals surface area (Å²) in [5, 5.41) is 12.2. The summed E-state index contributed by atoms with van der Waals surface area (Å²) in [6.07, 6.45) is 7.91. The zero-order valence-electron chi connectivity index (χ0n) is 19.9. The molecule has 3 atom stereocenters. The molecular formula is C28H36N4O2. The highest BCUT2D eigenvalue weighted by Crippen LogP contribution is 2.37. The maximum atomic E-state index is 12.7. The predicted octanol–water partition coefficient (Wildman–Crippen LogP) is 3.95. The first-order valence-corrected chi connectivity index (χ1v) is 12.7. The summed E-state index contributed by atoms with van der Waals surface area (Å²) >= 11 is 0. The zero-order valence-corrected chi connectivity index (χ0v) is 19.9. The first kappa shape index (κ1) is 23.1. The number of phenolic OH excluding ortho intramolecular Hbond substituents is 1. The van der Waals surface area contributed by atoms with Gasteiger partial charge in [0.15, 0.2) is 0 Å². The van der Waals surface area contributed by atoms with Gasteiger partial charge < -0.3 is 5.11 Å². The molecule has 3 aliphatic rings. The van der Waals surface area contributed by atoms with Gasteiger partial charge in [-0.15, -0.1) is 6.58 Å². The molecule has 0 saturated carbocycles. The Bertz CT molecular complexity index is 1000. The Morgan fingerprint density at radius 1 is 1.03 bits per heavy atom. The summed E-state index contributed by atoms with van der Waals surface area (Å²) < 4.78 is 0. The lowest BCUT2D eigenvalue weighted by molar-refractivity contribution is 0.0826. The van der Waals surface area contributed by atoms with Crippen molar-refractivity contribution in [3.8, 4) is 5.75 Å². The van der Waals surface area contributed by atoms with Crippen LogP contribution in [0.25, 0.3) is 0 Å². The molecule has 3 unspecified atom stereocenters. The number of fused-ring (bicyclic) bond motifs is 2. The van der Waals surface area contributed by atoms with Gasteiger partial charge >= 0.3 is 0 Å². The second-order valence-corrected chi connectivity index (χ2v) is 9.91. The fraction of sp³-hybridized carbons (Fsp3) is 0.464. The molecule has 2 aromatic carbocycles. The monoisotopic (exact) mass is 460 g/mol. The van der Waals surface area contributed by atoms with Crippen LogP contribution in [-0.4, -0.2) is 70.6 Å². The number of phenols is 1. The smallest absolute Gasteiger partial charge is 0.265 e. The summed E-state index contributed by atoms with van der Waals surface area (Å²) in [4.78, 5) is 17.9. The number of hydrazine groups is 1. The van der Waals surface area contributed by atoms with Crippen molar-refractivity contribution in [3.05, 3.63) is 77.9 Å². The van der Waals surface area contributed by atoms with E-state index in [0.717, 1.165) is 63.1 Å². The SMILES string of the molecule is C=CCN1C2CCC1CN(C(c1ccc(C(=O)NN3CCCC3)cc1)c1cccc(O)c1)CC2. The van der Waals surface area contributed by atoms with Crippen molar-refractivity contribution in [1.82, 2.24) is 20.2 Å². The molecule has 0 spiro atoms. The largest absolute Gasteiger partial charge is 0.508 e. The van der Waals surface area contributed by atoms with Crippen molar-refractivity contribution in [1.29, 1.82) is 0 Å². The number of nitrogens with one attached hydrogen (secondary N) is 1. The van der Waals surface area contributed by atoms with E-state index in [4.69, 9.17) is 0 Å². The van der Waals surface area contributed by atoms with Gasteiger partial charge in [0.2, 0.25) is 0 Å². The van der Waals surface area contributed by atoms with E-state index < -0.39 is 0 Å². The molecule has 3 aliphatic heterocycles. The van der Waals surface area contributed by atoms with Crippen LogP contribution in [0.15, 0.2) is 61.2 Å². The minimum atomic E-state index is -0.0468. The van der Waals surface area contributed by atoms with Gasteiger partial charge in [0.05, 0.1) is 6.04 Å². The second-order valence-electron chi connectivity index (χ2n) is 9.91. The topological polar surface area (TPSA) is 59.0 Å². The van der Waals surface area contributed by atoms with Crippen LogP contribution in [0.5, 0.6) is 5.75 Å². The van der Waals surface area contributed by atoms with Gasteiger partial charge in [-0.3, -0.25) is 20.0 Å². The number of hydrogen-bond donors (Lipinski definition) is 2. The average molecular weight is 461 g/mol. The molecule has 5 rings (SSSR count). The molecule has 6 nitrogen and oxygen atoms in total. The minimum absolute atomic E-state index is 0.0349. The van der Waals surface area contributed by atoms with Crippen molar-refractivity contribution in [2.24, 2.45) is 0 Å². The Morgan fingerprint density at radius 2 is 1.79 bits per heavy atom. The summed E-state index contributed by atoms with van der Waals surface area (Å²) in [5.41, 5.74) is 5.94. The highest BCUT2D eigenvalue weighted by molar-refractivity contribution is 5.93. The van der Waals surface area contributed by atoms with E-state index in [-0.39, 0.29) is 17.7 Å². The average Bonchev–Trinajstić information content (AvgIpc) is 3.43. The molecule has 3 heterocycles. The van der Waals surface area contributed by atoms with E-state index in [1.54, 1.807) is 6.07 Å². The van der Waals surface area contributed by atoms with Gasteiger partial charge in [0, 0.05) is 50.4 Å². The summed E-state index contributed by atoms with van der Waals surface area (Å²) in [6, 6.07) is 16.8. The van der Waals surface area contributed by atoms with Crippen LogP contribution in [0.1, 0.15) is 59.6 Å². The van der Waals surface area contributed by atoms with Crippen molar-refractivity contribution >= 4 is 5.91 Å². The number of carbonyl (C=O) groups is 1. The normalized spacial score (nSPS) is 24.6. The number of carbonyl (C=O) groups excluding carboxylic acids is 1. The number of rotatable bonds is 7. The van der Waals surface area contributed by atoms with Gasteiger partial charge in [-0.05, 0) is 67.5 Å². The maximum absolute atomic E-state index is 12.7. The molecule has 1 amide bonds. The van der Waals surface area contributed by atoms with Crippen molar-refractivity contribution in [2.45, 2.75) is 50.2 Å². The molecule has 6 heteroatoms. The van der Waals surface area contributed by atoms with E-state index in [0.29, 0.717) is 17.6 Å². The van der Waals surface area contributed by atoms with Crippen LogP contribution in [-0.2, 0) is 0 Å². The van der Waals surface area contributed by atoms with Crippen molar-refractivity contribution in [2.75, 3.05) is 32.7 Å². The van der Waals surface area contributed by atoms with Gasteiger partial charge in [-0.1, -0.05) is 30.3 Å². The molecule has 0 aliphatic carbocycles. The fourth-order valence-electron chi connectivity index (χ4n) is 6.04. The predicted molar refractivity (Wildman–Crippen MR) is 135 cm³/mol. The Kier molecular flexibility index (Phi) is 6.99. The van der Waals surface area contributed by atoms with Gasteiger partial charge in [-0.2, -0.15) is 0 Å². The third-order valence-electron chi connectivity index (χ3n) is 7.71. The lowest BCUT2D eigenvalue weighted by atomic mass is 9.94. The lowest BCUT2D eigenvalue weighted by Gasteiger charge is -2.34. The number of hydrogen-bond acceptors (Lipinski definition) is 5. The first-order valence-electron chi connectivity index (χ1n) is 12.7. The molecule has 0 aromatic heterocycles. The third-order valence-corrected chi connectivity index (χ3v) is 7.71. The van der Waals surface area contributed by atoms with Crippen molar-refractivity contribution < 1.29 is 9.90 Å². The molecule has 2 bridgehead atoms. The number of nitrogens with zero attached hydrogens (tertiary/aromatic N) is 3. The van der Waals surface area contributed by atoms with Gasteiger partial charge in [-0.25, -0.2) is 5.01 Å². The maximum Gasteiger partial charge on any atom is 0.265 e. The molecule has 34 heavy (non-hydrogen) atoms. The summed E-state index contributed by atoms with van der Waals surface area (Å²) in [6.45, 7) is 8.76. The molecular weight excluding hydrogens is 424 g/mol. The molecule has 0 radical (unpaired) electrons. The summed E-state index contributed by atoms with van der Waals surface area (Å²) in [7, 11) is 0. The molecule has 3 fully saturated rings.